The van der Waals surface area contributed by atoms with E-state index in [0.29, 0.717) is 22.6 Å². The molecule has 0 aliphatic carbocycles. The molecule has 3 aromatic rings. The summed E-state index contributed by atoms with van der Waals surface area (Å²) in [6, 6.07) is 13.1. The fourth-order valence-corrected chi connectivity index (χ4v) is 2.73. The van der Waals surface area contributed by atoms with Crippen LogP contribution >= 0.6 is 0 Å². The minimum absolute atomic E-state index is 0.159. The number of hydrogen-bond acceptors (Lipinski definition) is 4. The highest BCUT2D eigenvalue weighted by Crippen LogP contribution is 2.20. The van der Waals surface area contributed by atoms with Crippen LogP contribution in [0.4, 0.5) is 11.4 Å². The van der Waals surface area contributed by atoms with Crippen LogP contribution in [0.25, 0.3) is 11.1 Å². The lowest BCUT2D eigenvalue weighted by Gasteiger charge is -2.21. The third-order valence-electron chi connectivity index (χ3n) is 4.01. The smallest absolute Gasteiger partial charge is 0.255 e. The van der Waals surface area contributed by atoms with E-state index in [2.05, 4.69) is 29.0 Å². The topological polar surface area (TPSA) is 58.4 Å². The zero-order valence-corrected chi connectivity index (χ0v) is 14.2. The lowest BCUT2D eigenvalue weighted by Crippen LogP contribution is -2.21. The van der Waals surface area contributed by atoms with Crippen LogP contribution < -0.4 is 10.2 Å². The molecule has 0 saturated carbocycles. The molecule has 1 aromatic heterocycles. The number of rotatable bonds is 5. The summed E-state index contributed by atoms with van der Waals surface area (Å²) < 4.78 is 5.43. The number of fused-ring (bicyclic) bond motifs is 1. The van der Waals surface area contributed by atoms with Crippen molar-refractivity contribution in [2.75, 3.05) is 23.3 Å². The maximum Gasteiger partial charge on any atom is 0.255 e. The number of benzene rings is 2. The van der Waals surface area contributed by atoms with Crippen molar-refractivity contribution < 1.29 is 9.21 Å². The summed E-state index contributed by atoms with van der Waals surface area (Å²) in [5, 5.41) is 2.92. The average molecular weight is 323 g/mol. The molecule has 5 heteroatoms. The molecule has 0 aliphatic rings. The van der Waals surface area contributed by atoms with Gasteiger partial charge < -0.3 is 14.6 Å². The quantitative estimate of drug-likeness (QED) is 0.763. The molecule has 24 heavy (non-hydrogen) atoms. The predicted octanol–water partition coefficient (Wildman–Crippen LogP) is 4.23. The lowest BCUT2D eigenvalue weighted by atomic mass is 10.2. The van der Waals surface area contributed by atoms with Gasteiger partial charge in [-0.15, -0.1) is 0 Å². The van der Waals surface area contributed by atoms with Gasteiger partial charge in [0.25, 0.3) is 5.91 Å². The minimum atomic E-state index is -0.159. The number of aryl methyl sites for hydroxylation is 1. The standard InChI is InChI=1S/C19H21N3O2/c1-4-22(5-2)16-9-7-15(8-10-16)21-19(23)14-6-11-18-17(12-14)20-13(3)24-18/h6-12H,4-5H2,1-3H3,(H,21,23). The van der Waals surface area contributed by atoms with E-state index in [9.17, 15) is 4.79 Å². The first kappa shape index (κ1) is 16.1. The zero-order valence-electron chi connectivity index (χ0n) is 14.2. The molecule has 3 rings (SSSR count). The molecule has 0 spiro atoms. The SMILES string of the molecule is CCN(CC)c1ccc(NC(=O)c2ccc3oc(C)nc3c2)cc1. The van der Waals surface area contributed by atoms with Gasteiger partial charge in [0.15, 0.2) is 11.5 Å². The average Bonchev–Trinajstić information content (AvgIpc) is 2.96. The molecule has 0 fully saturated rings. The summed E-state index contributed by atoms with van der Waals surface area (Å²) in [4.78, 5) is 18.9. The molecule has 1 N–H and O–H groups in total. The van der Waals surface area contributed by atoms with Crippen LogP contribution in [0.5, 0.6) is 0 Å². The van der Waals surface area contributed by atoms with Gasteiger partial charge >= 0.3 is 0 Å². The first-order valence-electron chi connectivity index (χ1n) is 8.14. The molecule has 2 aromatic carbocycles. The normalized spacial score (nSPS) is 10.8. The summed E-state index contributed by atoms with van der Waals surface area (Å²) in [5.74, 6) is 0.433. The highest BCUT2D eigenvalue weighted by Gasteiger charge is 2.10. The largest absolute Gasteiger partial charge is 0.441 e. The highest BCUT2D eigenvalue weighted by molar-refractivity contribution is 6.05. The van der Waals surface area contributed by atoms with E-state index < -0.39 is 0 Å². The molecular weight excluding hydrogens is 302 g/mol. The van der Waals surface area contributed by atoms with Crippen molar-refractivity contribution in [1.29, 1.82) is 0 Å². The minimum Gasteiger partial charge on any atom is -0.441 e. The van der Waals surface area contributed by atoms with Gasteiger partial charge in [-0.3, -0.25) is 4.79 Å². The van der Waals surface area contributed by atoms with Crippen LogP contribution in [0.15, 0.2) is 46.9 Å². The molecular formula is C19H21N3O2. The Morgan fingerprint density at radius 2 is 1.83 bits per heavy atom. The number of nitrogens with one attached hydrogen (secondary N) is 1. The van der Waals surface area contributed by atoms with Crippen molar-refractivity contribution in [3.63, 3.8) is 0 Å². The Balaban J connectivity index is 1.75. The van der Waals surface area contributed by atoms with E-state index in [0.717, 1.165) is 24.5 Å². The van der Waals surface area contributed by atoms with Crippen LogP contribution in [0.2, 0.25) is 0 Å². The maximum atomic E-state index is 12.4. The molecule has 0 saturated heterocycles. The molecule has 0 unspecified atom stereocenters. The summed E-state index contributed by atoms with van der Waals surface area (Å²) in [6.07, 6.45) is 0. The number of carbonyl (C=O) groups is 1. The fraction of sp³-hybridized carbons (Fsp3) is 0.263. The summed E-state index contributed by atoms with van der Waals surface area (Å²) in [5.41, 5.74) is 3.86. The molecule has 1 amide bonds. The Morgan fingerprint density at radius 1 is 1.12 bits per heavy atom. The van der Waals surface area contributed by atoms with Gasteiger partial charge in [-0.25, -0.2) is 4.98 Å². The first-order chi connectivity index (χ1) is 11.6. The summed E-state index contributed by atoms with van der Waals surface area (Å²) in [6.45, 7) is 7.96. The highest BCUT2D eigenvalue weighted by atomic mass is 16.3. The van der Waals surface area contributed by atoms with Crippen molar-refractivity contribution in [1.82, 2.24) is 4.98 Å². The van der Waals surface area contributed by atoms with Gasteiger partial charge in [0.2, 0.25) is 0 Å². The van der Waals surface area contributed by atoms with E-state index in [1.54, 1.807) is 25.1 Å². The van der Waals surface area contributed by atoms with Gasteiger partial charge in [-0.05, 0) is 56.3 Å². The molecule has 0 bridgehead atoms. The second kappa shape index (κ2) is 6.74. The van der Waals surface area contributed by atoms with Crippen molar-refractivity contribution in [2.24, 2.45) is 0 Å². The predicted molar refractivity (Wildman–Crippen MR) is 96.7 cm³/mol. The van der Waals surface area contributed by atoms with Crippen molar-refractivity contribution in [3.8, 4) is 0 Å². The van der Waals surface area contributed by atoms with Crippen LogP contribution in [0.3, 0.4) is 0 Å². The second-order valence-electron chi connectivity index (χ2n) is 5.59. The maximum absolute atomic E-state index is 12.4. The number of oxazole rings is 1. The van der Waals surface area contributed by atoms with E-state index >= 15 is 0 Å². The van der Waals surface area contributed by atoms with Crippen LogP contribution in [0.1, 0.15) is 30.1 Å². The third-order valence-corrected chi connectivity index (χ3v) is 4.01. The number of anilines is 2. The number of carbonyl (C=O) groups excluding carboxylic acids is 1. The molecule has 1 heterocycles. The second-order valence-corrected chi connectivity index (χ2v) is 5.59. The monoisotopic (exact) mass is 323 g/mol. The molecule has 0 radical (unpaired) electrons. The van der Waals surface area contributed by atoms with E-state index in [4.69, 9.17) is 4.42 Å². The van der Waals surface area contributed by atoms with E-state index in [1.807, 2.05) is 24.3 Å². The van der Waals surface area contributed by atoms with Gasteiger partial charge in [0.05, 0.1) is 0 Å². The van der Waals surface area contributed by atoms with Crippen molar-refractivity contribution in [2.45, 2.75) is 20.8 Å². The van der Waals surface area contributed by atoms with Crippen LogP contribution in [-0.2, 0) is 0 Å². The first-order valence-corrected chi connectivity index (χ1v) is 8.14. The van der Waals surface area contributed by atoms with E-state index in [-0.39, 0.29) is 5.91 Å². The zero-order chi connectivity index (χ0) is 17.1. The van der Waals surface area contributed by atoms with Crippen molar-refractivity contribution in [3.05, 3.63) is 53.9 Å². The Kier molecular flexibility index (Phi) is 4.51. The summed E-state index contributed by atoms with van der Waals surface area (Å²) >= 11 is 0. The van der Waals surface area contributed by atoms with Crippen LogP contribution in [-0.4, -0.2) is 24.0 Å². The van der Waals surface area contributed by atoms with Gasteiger partial charge in [0, 0.05) is 37.0 Å². The molecule has 0 atom stereocenters. The number of nitrogens with zero attached hydrogens (tertiary/aromatic N) is 2. The Bertz CT molecular complexity index is 849. The van der Waals surface area contributed by atoms with Gasteiger partial charge in [0.1, 0.15) is 5.52 Å². The Labute approximate surface area is 141 Å². The lowest BCUT2D eigenvalue weighted by molar-refractivity contribution is 0.102. The third kappa shape index (κ3) is 3.25. The molecule has 0 aliphatic heterocycles. The van der Waals surface area contributed by atoms with Gasteiger partial charge in [-0.1, -0.05) is 0 Å². The summed E-state index contributed by atoms with van der Waals surface area (Å²) in [7, 11) is 0. The Morgan fingerprint density at radius 3 is 2.50 bits per heavy atom. The number of amides is 1. The Hall–Kier alpha value is -2.82. The number of aromatic nitrogens is 1. The van der Waals surface area contributed by atoms with Crippen molar-refractivity contribution >= 4 is 28.4 Å². The molecule has 5 nitrogen and oxygen atoms in total. The number of hydrogen-bond donors (Lipinski definition) is 1. The van der Waals surface area contributed by atoms with Gasteiger partial charge in [-0.2, -0.15) is 0 Å². The fourth-order valence-electron chi connectivity index (χ4n) is 2.73. The molecule has 124 valence electrons. The van der Waals surface area contributed by atoms with E-state index in [1.165, 1.54) is 0 Å². The van der Waals surface area contributed by atoms with Crippen LogP contribution in [0, 0.1) is 6.92 Å².